The van der Waals surface area contributed by atoms with Gasteiger partial charge < -0.3 is 0 Å². The van der Waals surface area contributed by atoms with E-state index in [9.17, 15) is 14.0 Å². The Balaban J connectivity index is 2.16. The zero-order valence-corrected chi connectivity index (χ0v) is 12.4. The van der Waals surface area contributed by atoms with Crippen molar-refractivity contribution in [3.05, 3.63) is 45.3 Å². The standard InChI is InChI=1S/C13H8ClFN4O4/c1-6(20)4-10-11(17-23-16-10)12-18-22-13(21)19(12)7-2-3-9(15)8(14)5-7/h2-3,5H,4H2,1H3. The summed E-state index contributed by atoms with van der Waals surface area (Å²) in [5, 5.41) is 10.7. The number of halogens is 2. The van der Waals surface area contributed by atoms with Gasteiger partial charge in [0.05, 0.1) is 17.1 Å². The molecule has 0 aliphatic rings. The van der Waals surface area contributed by atoms with Crippen molar-refractivity contribution in [3.8, 4) is 17.2 Å². The van der Waals surface area contributed by atoms with E-state index in [-0.39, 0.29) is 40.1 Å². The molecular weight excluding hydrogens is 331 g/mol. The van der Waals surface area contributed by atoms with Crippen molar-refractivity contribution in [2.75, 3.05) is 0 Å². The number of carbonyl (C=O) groups excluding carboxylic acids is 1. The third-order valence-corrected chi connectivity index (χ3v) is 3.24. The van der Waals surface area contributed by atoms with Crippen molar-refractivity contribution >= 4 is 17.4 Å². The maximum Gasteiger partial charge on any atom is 0.446 e. The highest BCUT2D eigenvalue weighted by atomic mass is 35.5. The van der Waals surface area contributed by atoms with E-state index in [1.165, 1.54) is 19.1 Å². The van der Waals surface area contributed by atoms with Crippen molar-refractivity contribution in [2.45, 2.75) is 13.3 Å². The number of rotatable bonds is 4. The van der Waals surface area contributed by atoms with Crippen LogP contribution in [0.4, 0.5) is 4.39 Å². The first-order chi connectivity index (χ1) is 11.0. The Kier molecular flexibility index (Phi) is 3.78. The minimum atomic E-state index is -0.834. The highest BCUT2D eigenvalue weighted by Gasteiger charge is 2.23. The molecule has 1 aromatic carbocycles. The molecule has 3 aromatic rings. The second-order valence-electron chi connectivity index (χ2n) is 4.64. The average molecular weight is 339 g/mol. The third-order valence-electron chi connectivity index (χ3n) is 2.95. The quantitative estimate of drug-likeness (QED) is 0.714. The fourth-order valence-electron chi connectivity index (χ4n) is 1.98. The van der Waals surface area contributed by atoms with Crippen LogP contribution in [0.1, 0.15) is 12.6 Å². The molecule has 0 unspecified atom stereocenters. The number of carbonyl (C=O) groups is 1. The van der Waals surface area contributed by atoms with Crippen LogP contribution in [0.5, 0.6) is 0 Å². The molecule has 3 rings (SSSR count). The number of benzene rings is 1. The summed E-state index contributed by atoms with van der Waals surface area (Å²) in [5.41, 5.74) is 0.494. The van der Waals surface area contributed by atoms with Crippen molar-refractivity contribution in [1.82, 2.24) is 20.0 Å². The number of Topliss-reactive ketones (excluding diaryl/α,β-unsaturated/α-hetero) is 1. The first-order valence-electron chi connectivity index (χ1n) is 6.32. The Hall–Kier alpha value is -2.81. The molecule has 118 valence electrons. The molecule has 0 atom stereocenters. The molecule has 0 saturated carbocycles. The average Bonchev–Trinajstić information content (AvgIpc) is 3.08. The van der Waals surface area contributed by atoms with Crippen LogP contribution < -0.4 is 5.76 Å². The van der Waals surface area contributed by atoms with Gasteiger partial charge in [-0.05, 0) is 30.3 Å². The second-order valence-corrected chi connectivity index (χ2v) is 5.05. The van der Waals surface area contributed by atoms with Gasteiger partial charge in [-0.2, -0.15) is 0 Å². The van der Waals surface area contributed by atoms with E-state index in [0.717, 1.165) is 10.6 Å². The molecule has 0 amide bonds. The maximum atomic E-state index is 13.3. The first kappa shape index (κ1) is 15.1. The highest BCUT2D eigenvalue weighted by Crippen LogP contribution is 2.23. The lowest BCUT2D eigenvalue weighted by molar-refractivity contribution is -0.116. The number of nitrogens with zero attached hydrogens (tertiary/aromatic N) is 4. The van der Waals surface area contributed by atoms with Gasteiger partial charge in [0.1, 0.15) is 17.3 Å². The van der Waals surface area contributed by atoms with Crippen molar-refractivity contribution in [3.63, 3.8) is 0 Å². The van der Waals surface area contributed by atoms with Crippen LogP contribution in [0.25, 0.3) is 17.2 Å². The van der Waals surface area contributed by atoms with Gasteiger partial charge in [0, 0.05) is 0 Å². The van der Waals surface area contributed by atoms with Crippen molar-refractivity contribution in [1.29, 1.82) is 0 Å². The zero-order valence-electron chi connectivity index (χ0n) is 11.6. The molecule has 23 heavy (non-hydrogen) atoms. The molecule has 0 bridgehead atoms. The van der Waals surface area contributed by atoms with Gasteiger partial charge in [0.25, 0.3) is 0 Å². The third kappa shape index (κ3) is 2.78. The highest BCUT2D eigenvalue weighted by molar-refractivity contribution is 6.30. The van der Waals surface area contributed by atoms with Crippen LogP contribution in [-0.4, -0.2) is 25.8 Å². The van der Waals surface area contributed by atoms with Crippen LogP contribution >= 0.6 is 11.6 Å². The normalized spacial score (nSPS) is 10.9. The predicted octanol–water partition coefficient (Wildman–Crippen LogP) is 1.80. The van der Waals surface area contributed by atoms with Gasteiger partial charge in [-0.25, -0.2) is 18.4 Å². The Morgan fingerprint density at radius 2 is 2.13 bits per heavy atom. The fourth-order valence-corrected chi connectivity index (χ4v) is 2.15. The molecule has 8 nitrogen and oxygen atoms in total. The Morgan fingerprint density at radius 3 is 2.83 bits per heavy atom. The van der Waals surface area contributed by atoms with Gasteiger partial charge in [-0.15, -0.1) is 0 Å². The van der Waals surface area contributed by atoms with Crippen LogP contribution in [0, 0.1) is 5.82 Å². The molecular formula is C13H8ClFN4O4. The summed E-state index contributed by atoms with van der Waals surface area (Å²) in [7, 11) is 0. The number of aromatic nitrogens is 4. The molecule has 2 aromatic heterocycles. The molecule has 0 aliphatic heterocycles. The fraction of sp³-hybridized carbons (Fsp3) is 0.154. The van der Waals surface area contributed by atoms with E-state index < -0.39 is 11.6 Å². The topological polar surface area (TPSA) is 104 Å². The summed E-state index contributed by atoms with van der Waals surface area (Å²) >= 11 is 5.73. The van der Waals surface area contributed by atoms with Gasteiger partial charge in [0.15, 0.2) is 5.69 Å². The summed E-state index contributed by atoms with van der Waals surface area (Å²) in [6.45, 7) is 1.37. The molecule has 0 spiro atoms. The van der Waals surface area contributed by atoms with E-state index >= 15 is 0 Å². The summed E-state index contributed by atoms with van der Waals surface area (Å²) in [5.74, 6) is -1.68. The zero-order chi connectivity index (χ0) is 16.6. The monoisotopic (exact) mass is 338 g/mol. The van der Waals surface area contributed by atoms with E-state index in [1.54, 1.807) is 0 Å². The Labute approximate surface area is 132 Å². The Morgan fingerprint density at radius 1 is 1.35 bits per heavy atom. The summed E-state index contributed by atoms with van der Waals surface area (Å²) in [4.78, 5) is 23.2. The molecule has 0 saturated heterocycles. The van der Waals surface area contributed by atoms with Gasteiger partial charge in [0.2, 0.25) is 5.82 Å². The van der Waals surface area contributed by atoms with Crippen LogP contribution in [0.15, 0.2) is 32.1 Å². The lowest BCUT2D eigenvalue weighted by atomic mass is 10.2. The lowest BCUT2D eigenvalue weighted by Gasteiger charge is -2.04. The number of hydrogen-bond acceptors (Lipinski definition) is 7. The first-order valence-corrected chi connectivity index (χ1v) is 6.70. The summed E-state index contributed by atoms with van der Waals surface area (Å²) in [6.07, 6.45) is -0.0515. The molecule has 0 fully saturated rings. The van der Waals surface area contributed by atoms with Crippen LogP contribution in [0.3, 0.4) is 0 Å². The Bertz CT molecular complexity index is 946. The van der Waals surface area contributed by atoms with Gasteiger partial charge >= 0.3 is 5.76 Å². The SMILES string of the molecule is CC(=O)Cc1nonc1-c1noc(=O)n1-c1ccc(F)c(Cl)c1. The molecule has 2 heterocycles. The van der Waals surface area contributed by atoms with Gasteiger partial charge in [-0.3, -0.25) is 9.32 Å². The smallest absolute Gasteiger partial charge is 0.300 e. The summed E-state index contributed by atoms with van der Waals surface area (Å²) < 4.78 is 23.6. The van der Waals surface area contributed by atoms with Gasteiger partial charge in [-0.1, -0.05) is 21.9 Å². The molecule has 0 N–H and O–H groups in total. The van der Waals surface area contributed by atoms with E-state index in [0.29, 0.717) is 0 Å². The van der Waals surface area contributed by atoms with E-state index in [2.05, 4.69) is 24.6 Å². The molecule has 0 aliphatic carbocycles. The predicted molar refractivity (Wildman–Crippen MR) is 74.7 cm³/mol. The largest absolute Gasteiger partial charge is 0.446 e. The van der Waals surface area contributed by atoms with Crippen LogP contribution in [-0.2, 0) is 11.2 Å². The van der Waals surface area contributed by atoms with E-state index in [1.807, 2.05) is 0 Å². The second kappa shape index (κ2) is 5.76. The van der Waals surface area contributed by atoms with Crippen molar-refractivity contribution in [2.24, 2.45) is 0 Å². The minimum Gasteiger partial charge on any atom is -0.300 e. The maximum absolute atomic E-state index is 13.3. The minimum absolute atomic E-state index is 0.0322. The summed E-state index contributed by atoms with van der Waals surface area (Å²) in [6, 6.07) is 3.65. The van der Waals surface area contributed by atoms with Crippen LogP contribution in [0.2, 0.25) is 5.02 Å². The van der Waals surface area contributed by atoms with E-state index in [4.69, 9.17) is 11.6 Å². The molecule has 0 radical (unpaired) electrons. The number of ketones is 1. The van der Waals surface area contributed by atoms with Crippen molar-refractivity contribution < 1.29 is 18.3 Å². The lowest BCUT2D eigenvalue weighted by Crippen LogP contribution is -2.14. The number of hydrogen-bond donors (Lipinski definition) is 0. The molecule has 10 heteroatoms.